The second kappa shape index (κ2) is 8.42. The van der Waals surface area contributed by atoms with E-state index in [1.807, 2.05) is 0 Å². The van der Waals surface area contributed by atoms with E-state index in [0.717, 1.165) is 30.1 Å². The molecule has 1 aromatic rings. The van der Waals surface area contributed by atoms with E-state index in [4.69, 9.17) is 5.11 Å². The zero-order valence-electron chi connectivity index (χ0n) is 11.7. The van der Waals surface area contributed by atoms with E-state index in [9.17, 15) is 22.4 Å². The lowest BCUT2D eigenvalue weighted by atomic mass is 10.2. The van der Waals surface area contributed by atoms with Gasteiger partial charge in [-0.1, -0.05) is 17.8 Å². The van der Waals surface area contributed by atoms with Gasteiger partial charge in [0.15, 0.2) is 16.7 Å². The highest BCUT2D eigenvalue weighted by Gasteiger charge is 2.32. The summed E-state index contributed by atoms with van der Waals surface area (Å²) in [6, 6.07) is 3.03. The van der Waals surface area contributed by atoms with Crippen LogP contribution in [0.2, 0.25) is 0 Å². The molecule has 10 heteroatoms. The predicted octanol–water partition coefficient (Wildman–Crippen LogP) is 3.48. The molecule has 126 valence electrons. The Balaban J connectivity index is 2.84. The molecule has 0 aliphatic rings. The van der Waals surface area contributed by atoms with Gasteiger partial charge in [-0.3, -0.25) is 4.79 Å². The van der Waals surface area contributed by atoms with Crippen molar-refractivity contribution >= 4 is 23.3 Å². The third-order valence-corrected chi connectivity index (χ3v) is 3.12. The number of nitrogens with one attached hydrogen (secondary N) is 1. The molecule has 0 heterocycles. The maximum absolute atomic E-state index is 13.3. The van der Waals surface area contributed by atoms with Gasteiger partial charge in [-0.05, 0) is 24.6 Å². The second-order valence-corrected chi connectivity index (χ2v) is 5.03. The third kappa shape index (κ3) is 7.54. The molecule has 0 saturated heterocycles. The van der Waals surface area contributed by atoms with E-state index in [0.29, 0.717) is 12.0 Å². The topological polar surface area (TPSA) is 70.9 Å². The standard InChI is InChI=1S/C13H12F4N2O3S/c1-8(21)5-18-12(19-7-20)23-6-9-2-3-10(14)11(4-9)22-13(15,16)17/h2-5,7,21H,6H2,1H3,(H,18,19,20)/b8-5+. The van der Waals surface area contributed by atoms with E-state index < -0.39 is 17.9 Å². The number of aliphatic hydroxyl groups excluding tert-OH is 1. The van der Waals surface area contributed by atoms with Crippen molar-refractivity contribution in [2.24, 2.45) is 4.99 Å². The van der Waals surface area contributed by atoms with Gasteiger partial charge in [0.1, 0.15) is 5.76 Å². The normalized spacial score (nSPS) is 12.9. The number of halogens is 4. The van der Waals surface area contributed by atoms with Gasteiger partial charge in [-0.2, -0.15) is 0 Å². The summed E-state index contributed by atoms with van der Waals surface area (Å²) in [5, 5.41) is 11.4. The fourth-order valence-corrected chi connectivity index (χ4v) is 2.05. The summed E-state index contributed by atoms with van der Waals surface area (Å²) in [4.78, 5) is 14.2. The number of allylic oxidation sites excluding steroid dienone is 1. The van der Waals surface area contributed by atoms with Crippen LogP contribution in [-0.2, 0) is 10.5 Å². The summed E-state index contributed by atoms with van der Waals surface area (Å²) in [7, 11) is 0. The van der Waals surface area contributed by atoms with Gasteiger partial charge in [0.2, 0.25) is 6.41 Å². The number of amidine groups is 1. The molecular weight excluding hydrogens is 340 g/mol. The van der Waals surface area contributed by atoms with E-state index in [1.54, 1.807) is 0 Å². The van der Waals surface area contributed by atoms with Crippen LogP contribution >= 0.6 is 11.8 Å². The summed E-state index contributed by atoms with van der Waals surface area (Å²) < 4.78 is 53.3. The monoisotopic (exact) mass is 352 g/mol. The minimum atomic E-state index is -5.00. The molecule has 0 atom stereocenters. The van der Waals surface area contributed by atoms with Crippen molar-refractivity contribution in [1.29, 1.82) is 0 Å². The SMILES string of the molecule is C/C(O)=C\N=C(NC=O)SCc1ccc(F)c(OC(F)(F)F)c1. The highest BCUT2D eigenvalue weighted by atomic mass is 32.2. The Labute approximate surface area is 133 Å². The van der Waals surface area contributed by atoms with Gasteiger partial charge in [0.25, 0.3) is 0 Å². The van der Waals surface area contributed by atoms with Crippen LogP contribution in [0.15, 0.2) is 35.2 Å². The van der Waals surface area contributed by atoms with Crippen molar-refractivity contribution in [2.75, 3.05) is 0 Å². The number of hydrogen-bond donors (Lipinski definition) is 2. The Morgan fingerprint density at radius 1 is 1.48 bits per heavy atom. The van der Waals surface area contributed by atoms with Crippen molar-refractivity contribution in [1.82, 2.24) is 5.32 Å². The highest BCUT2D eigenvalue weighted by Crippen LogP contribution is 2.27. The highest BCUT2D eigenvalue weighted by molar-refractivity contribution is 8.13. The number of ether oxygens (including phenoxy) is 1. The lowest BCUT2D eigenvalue weighted by Crippen LogP contribution is -2.18. The number of alkyl halides is 3. The minimum Gasteiger partial charge on any atom is -0.511 e. The zero-order chi connectivity index (χ0) is 17.5. The van der Waals surface area contributed by atoms with Crippen molar-refractivity contribution in [3.63, 3.8) is 0 Å². The first-order valence-electron chi connectivity index (χ1n) is 6.02. The first-order valence-corrected chi connectivity index (χ1v) is 7.00. The van der Waals surface area contributed by atoms with E-state index >= 15 is 0 Å². The van der Waals surface area contributed by atoms with Gasteiger partial charge < -0.3 is 15.2 Å². The zero-order valence-corrected chi connectivity index (χ0v) is 12.5. The second-order valence-electron chi connectivity index (χ2n) is 4.07. The number of carbonyl (C=O) groups excluding carboxylic acids is 1. The molecular formula is C13H12F4N2O3S. The Bertz CT molecular complexity index is 614. The molecule has 0 unspecified atom stereocenters. The molecule has 1 amide bonds. The molecule has 5 nitrogen and oxygen atoms in total. The molecule has 1 aromatic carbocycles. The summed E-state index contributed by atoms with van der Waals surface area (Å²) in [6.45, 7) is 1.37. The number of aliphatic imine (C=N–C) groups is 1. The number of aliphatic hydroxyl groups is 1. The summed E-state index contributed by atoms with van der Waals surface area (Å²) in [5.41, 5.74) is 0.320. The first kappa shape index (κ1) is 18.8. The molecule has 0 fully saturated rings. The molecule has 0 aliphatic carbocycles. The fraction of sp³-hybridized carbons (Fsp3) is 0.231. The number of carbonyl (C=O) groups is 1. The molecule has 0 saturated carbocycles. The lowest BCUT2D eigenvalue weighted by Gasteiger charge is -2.11. The Hall–Kier alpha value is -2.23. The Morgan fingerprint density at radius 3 is 2.74 bits per heavy atom. The molecule has 0 aromatic heterocycles. The quantitative estimate of drug-likeness (QED) is 0.280. The van der Waals surface area contributed by atoms with Crippen LogP contribution in [0.25, 0.3) is 0 Å². The van der Waals surface area contributed by atoms with Gasteiger partial charge in [-0.25, -0.2) is 9.38 Å². The van der Waals surface area contributed by atoms with Crippen molar-refractivity contribution in [2.45, 2.75) is 19.0 Å². The van der Waals surface area contributed by atoms with E-state index in [2.05, 4.69) is 15.0 Å². The molecule has 0 aliphatic heterocycles. The first-order chi connectivity index (χ1) is 10.7. The van der Waals surface area contributed by atoms with Crippen LogP contribution in [0, 0.1) is 5.82 Å². The summed E-state index contributed by atoms with van der Waals surface area (Å²) in [5.74, 6) is -2.09. The minimum absolute atomic E-state index is 0.0898. The Kier molecular flexibility index (Phi) is 6.89. The molecule has 0 spiro atoms. The fourth-order valence-electron chi connectivity index (χ4n) is 1.31. The number of amides is 1. The smallest absolute Gasteiger partial charge is 0.511 e. The predicted molar refractivity (Wildman–Crippen MR) is 77.4 cm³/mol. The number of hydrogen-bond acceptors (Lipinski definition) is 5. The van der Waals surface area contributed by atoms with Gasteiger partial charge >= 0.3 is 6.36 Å². The maximum Gasteiger partial charge on any atom is 0.573 e. The number of nitrogens with zero attached hydrogens (tertiary/aromatic N) is 1. The largest absolute Gasteiger partial charge is 0.573 e. The molecule has 0 radical (unpaired) electrons. The van der Waals surface area contributed by atoms with Gasteiger partial charge in [0.05, 0.1) is 6.20 Å². The van der Waals surface area contributed by atoms with Crippen LogP contribution in [0.1, 0.15) is 12.5 Å². The molecule has 2 N–H and O–H groups in total. The van der Waals surface area contributed by atoms with Crippen LogP contribution in [0.3, 0.4) is 0 Å². The van der Waals surface area contributed by atoms with E-state index in [-0.39, 0.29) is 16.7 Å². The number of thioether (sulfide) groups is 1. The van der Waals surface area contributed by atoms with Crippen LogP contribution in [0.4, 0.5) is 17.6 Å². The molecule has 1 rings (SSSR count). The van der Waals surface area contributed by atoms with Crippen molar-refractivity contribution in [3.8, 4) is 5.75 Å². The van der Waals surface area contributed by atoms with Crippen LogP contribution in [0.5, 0.6) is 5.75 Å². The van der Waals surface area contributed by atoms with E-state index in [1.165, 1.54) is 13.0 Å². The number of benzene rings is 1. The van der Waals surface area contributed by atoms with Crippen molar-refractivity contribution in [3.05, 3.63) is 41.5 Å². The molecule has 23 heavy (non-hydrogen) atoms. The summed E-state index contributed by atoms with van der Waals surface area (Å²) >= 11 is 0.966. The van der Waals surface area contributed by atoms with Crippen molar-refractivity contribution < 1.29 is 32.2 Å². The van der Waals surface area contributed by atoms with Crippen LogP contribution in [-0.4, -0.2) is 23.0 Å². The third-order valence-electron chi connectivity index (χ3n) is 2.15. The number of rotatable bonds is 5. The van der Waals surface area contributed by atoms with Crippen LogP contribution < -0.4 is 10.1 Å². The molecule has 0 bridgehead atoms. The summed E-state index contributed by atoms with van der Waals surface area (Å²) in [6.07, 6.45) is -3.56. The maximum atomic E-state index is 13.3. The average Bonchev–Trinajstić information content (AvgIpc) is 2.43. The Morgan fingerprint density at radius 2 is 2.17 bits per heavy atom. The van der Waals surface area contributed by atoms with Gasteiger partial charge in [-0.15, -0.1) is 13.2 Å². The van der Waals surface area contributed by atoms with Gasteiger partial charge in [0, 0.05) is 5.75 Å². The lowest BCUT2D eigenvalue weighted by molar-refractivity contribution is -0.275. The average molecular weight is 352 g/mol.